The van der Waals surface area contributed by atoms with Crippen LogP contribution in [0.15, 0.2) is 12.3 Å². The summed E-state index contributed by atoms with van der Waals surface area (Å²) in [4.78, 5) is 3.47. The summed E-state index contributed by atoms with van der Waals surface area (Å²) >= 11 is 0. The predicted molar refractivity (Wildman–Crippen MR) is 46.7 cm³/mol. The summed E-state index contributed by atoms with van der Waals surface area (Å²) in [7, 11) is 0. The van der Waals surface area contributed by atoms with Crippen molar-refractivity contribution in [2.45, 2.75) is 12.2 Å². The second-order valence-electron chi connectivity index (χ2n) is 2.83. The molecule has 0 aliphatic rings. The topological polar surface area (TPSA) is 99.6 Å². The van der Waals surface area contributed by atoms with E-state index < -0.39 is 24.6 Å². The van der Waals surface area contributed by atoms with E-state index in [2.05, 4.69) is 4.98 Å². The molecule has 0 aliphatic carbocycles. The highest BCUT2D eigenvalue weighted by Gasteiger charge is 2.18. The van der Waals surface area contributed by atoms with E-state index in [0.29, 0.717) is 0 Å². The molecule has 0 aromatic carbocycles. The number of aliphatic hydroxyl groups is 3. The molecule has 0 saturated heterocycles. The Kier molecular flexibility index (Phi) is 3.34. The Hall–Kier alpha value is -1.24. The van der Waals surface area contributed by atoms with Crippen molar-refractivity contribution < 1.29 is 19.7 Å². The number of nitrogens with two attached hydrogens (primary N) is 1. The molecule has 78 valence electrons. The Morgan fingerprint density at radius 1 is 1.50 bits per heavy atom. The van der Waals surface area contributed by atoms with Gasteiger partial charge in [-0.25, -0.2) is 9.37 Å². The van der Waals surface area contributed by atoms with Gasteiger partial charge in [-0.2, -0.15) is 0 Å². The van der Waals surface area contributed by atoms with Gasteiger partial charge in [0.25, 0.3) is 0 Å². The van der Waals surface area contributed by atoms with E-state index >= 15 is 0 Å². The monoisotopic (exact) mass is 202 g/mol. The van der Waals surface area contributed by atoms with Crippen molar-refractivity contribution in [3.8, 4) is 0 Å². The molecule has 5 nitrogen and oxygen atoms in total. The standard InChI is InChI=1S/C8H11FN2O3/c9-5-1-4(2-11-8(5)10)7(14)6(13)3-12/h1-2,6-7,12-14H,3H2,(H2,10,11). The van der Waals surface area contributed by atoms with E-state index in [9.17, 15) is 9.50 Å². The lowest BCUT2D eigenvalue weighted by Crippen LogP contribution is -2.22. The number of aliphatic hydroxyl groups excluding tert-OH is 3. The first kappa shape index (κ1) is 10.8. The summed E-state index contributed by atoms with van der Waals surface area (Å²) in [6.07, 6.45) is -1.59. The van der Waals surface area contributed by atoms with Gasteiger partial charge in [-0.3, -0.25) is 0 Å². The van der Waals surface area contributed by atoms with Gasteiger partial charge in [-0.1, -0.05) is 0 Å². The van der Waals surface area contributed by atoms with Crippen molar-refractivity contribution in [3.05, 3.63) is 23.6 Å². The molecule has 6 heteroatoms. The van der Waals surface area contributed by atoms with Crippen molar-refractivity contribution >= 4 is 5.82 Å². The molecule has 5 N–H and O–H groups in total. The van der Waals surface area contributed by atoms with Crippen LogP contribution < -0.4 is 5.73 Å². The largest absolute Gasteiger partial charge is 0.394 e. The zero-order valence-electron chi connectivity index (χ0n) is 7.26. The number of aromatic nitrogens is 1. The predicted octanol–water partition coefficient (Wildman–Crippen LogP) is -0.811. The fourth-order valence-corrected chi connectivity index (χ4v) is 0.947. The van der Waals surface area contributed by atoms with E-state index in [4.69, 9.17) is 15.9 Å². The van der Waals surface area contributed by atoms with Gasteiger partial charge in [0.2, 0.25) is 0 Å². The molecule has 0 spiro atoms. The number of anilines is 1. The Morgan fingerprint density at radius 3 is 2.64 bits per heavy atom. The van der Waals surface area contributed by atoms with Crippen LogP contribution in [0, 0.1) is 5.82 Å². The zero-order chi connectivity index (χ0) is 10.7. The minimum atomic E-state index is -1.37. The first-order valence-electron chi connectivity index (χ1n) is 3.94. The van der Waals surface area contributed by atoms with Crippen molar-refractivity contribution in [3.63, 3.8) is 0 Å². The first-order chi connectivity index (χ1) is 6.56. The molecular weight excluding hydrogens is 191 g/mol. The van der Waals surface area contributed by atoms with Gasteiger partial charge >= 0.3 is 0 Å². The highest BCUT2D eigenvalue weighted by Crippen LogP contribution is 2.18. The van der Waals surface area contributed by atoms with Gasteiger partial charge in [-0.15, -0.1) is 0 Å². The SMILES string of the molecule is Nc1ncc(C(O)C(O)CO)cc1F. The van der Waals surface area contributed by atoms with Crippen molar-refractivity contribution in [2.75, 3.05) is 12.3 Å². The van der Waals surface area contributed by atoms with Crippen LogP contribution >= 0.6 is 0 Å². The van der Waals surface area contributed by atoms with Gasteiger partial charge in [0.05, 0.1) is 6.61 Å². The molecule has 0 saturated carbocycles. The summed E-state index contributed by atoms with van der Waals surface area (Å²) in [6, 6.07) is 0.964. The first-order valence-corrected chi connectivity index (χ1v) is 3.94. The molecule has 0 bridgehead atoms. The van der Waals surface area contributed by atoms with Crippen LogP contribution in [0.5, 0.6) is 0 Å². The van der Waals surface area contributed by atoms with Crippen LogP contribution in [0.1, 0.15) is 11.7 Å². The molecule has 2 atom stereocenters. The summed E-state index contributed by atoms with van der Waals surface area (Å²) in [5, 5.41) is 26.9. The van der Waals surface area contributed by atoms with Gasteiger partial charge in [0.15, 0.2) is 11.6 Å². The number of nitrogens with zero attached hydrogens (tertiary/aromatic N) is 1. The maximum Gasteiger partial charge on any atom is 0.165 e. The summed E-state index contributed by atoms with van der Waals surface area (Å²) < 4.78 is 12.9. The second-order valence-corrected chi connectivity index (χ2v) is 2.83. The highest BCUT2D eigenvalue weighted by atomic mass is 19.1. The lowest BCUT2D eigenvalue weighted by Gasteiger charge is -2.15. The summed E-state index contributed by atoms with van der Waals surface area (Å²) in [6.45, 7) is -0.618. The molecule has 1 aromatic rings. The molecule has 1 heterocycles. The number of hydrogen-bond acceptors (Lipinski definition) is 5. The zero-order valence-corrected chi connectivity index (χ0v) is 7.26. The quantitative estimate of drug-likeness (QED) is 0.513. The summed E-state index contributed by atoms with van der Waals surface area (Å²) in [5.41, 5.74) is 5.19. The Balaban J connectivity index is 2.91. The lowest BCUT2D eigenvalue weighted by molar-refractivity contribution is -0.0155. The Bertz CT molecular complexity index is 321. The average molecular weight is 202 g/mol. The third kappa shape index (κ3) is 2.16. The summed E-state index contributed by atoms with van der Waals surface area (Å²) in [5.74, 6) is -1.05. The van der Waals surface area contributed by atoms with Crippen molar-refractivity contribution in [1.29, 1.82) is 0 Å². The average Bonchev–Trinajstić information content (AvgIpc) is 2.20. The van der Waals surface area contributed by atoms with Crippen LogP contribution in [0.3, 0.4) is 0 Å². The number of halogens is 1. The number of nitrogen functional groups attached to an aromatic ring is 1. The molecule has 1 rings (SSSR count). The smallest absolute Gasteiger partial charge is 0.165 e. The van der Waals surface area contributed by atoms with Crippen molar-refractivity contribution in [1.82, 2.24) is 4.98 Å². The lowest BCUT2D eigenvalue weighted by atomic mass is 10.1. The van der Waals surface area contributed by atoms with E-state index in [1.807, 2.05) is 0 Å². The third-order valence-corrected chi connectivity index (χ3v) is 1.78. The van der Waals surface area contributed by atoms with Crippen LogP contribution in [-0.2, 0) is 0 Å². The van der Waals surface area contributed by atoms with Gasteiger partial charge < -0.3 is 21.1 Å². The van der Waals surface area contributed by atoms with E-state index in [-0.39, 0.29) is 11.4 Å². The molecule has 0 amide bonds. The van der Waals surface area contributed by atoms with E-state index in [1.165, 1.54) is 0 Å². The molecule has 0 fully saturated rings. The fourth-order valence-electron chi connectivity index (χ4n) is 0.947. The van der Waals surface area contributed by atoms with Crippen LogP contribution in [0.25, 0.3) is 0 Å². The Labute approximate surface area is 79.6 Å². The maximum absolute atomic E-state index is 12.9. The molecule has 1 aromatic heterocycles. The number of pyridine rings is 1. The molecule has 0 radical (unpaired) electrons. The highest BCUT2D eigenvalue weighted by molar-refractivity contribution is 5.32. The second kappa shape index (κ2) is 4.32. The number of rotatable bonds is 3. The minimum Gasteiger partial charge on any atom is -0.394 e. The van der Waals surface area contributed by atoms with Gasteiger partial charge in [0.1, 0.15) is 12.2 Å². The van der Waals surface area contributed by atoms with Crippen LogP contribution in [0.2, 0.25) is 0 Å². The molecule has 14 heavy (non-hydrogen) atoms. The van der Waals surface area contributed by atoms with Gasteiger partial charge in [-0.05, 0) is 6.07 Å². The van der Waals surface area contributed by atoms with Crippen LogP contribution in [-0.4, -0.2) is 33.0 Å². The molecular formula is C8H11FN2O3. The van der Waals surface area contributed by atoms with Crippen molar-refractivity contribution in [2.24, 2.45) is 0 Å². The Morgan fingerprint density at radius 2 is 2.14 bits per heavy atom. The van der Waals surface area contributed by atoms with E-state index in [1.54, 1.807) is 0 Å². The van der Waals surface area contributed by atoms with E-state index in [0.717, 1.165) is 12.3 Å². The molecule has 0 aliphatic heterocycles. The number of hydrogen-bond donors (Lipinski definition) is 4. The van der Waals surface area contributed by atoms with Gasteiger partial charge in [0, 0.05) is 11.8 Å². The maximum atomic E-state index is 12.9. The van der Waals surface area contributed by atoms with Crippen LogP contribution in [0.4, 0.5) is 10.2 Å². The normalized spacial score (nSPS) is 15.1. The minimum absolute atomic E-state index is 0.0678. The molecule has 2 unspecified atom stereocenters. The fraction of sp³-hybridized carbons (Fsp3) is 0.375. The third-order valence-electron chi connectivity index (χ3n) is 1.78.